The second kappa shape index (κ2) is 6.13. The fraction of sp³-hybridized carbons (Fsp3) is 0.214. The number of nitrogens with zero attached hydrogens (tertiary/aromatic N) is 1. The molecule has 106 valence electrons. The first-order chi connectivity index (χ1) is 9.49. The summed E-state index contributed by atoms with van der Waals surface area (Å²) in [5.74, 6) is 0. The number of pyridine rings is 1. The number of benzene rings is 1. The van der Waals surface area contributed by atoms with Crippen LogP contribution in [0.4, 0.5) is 0 Å². The zero-order valence-corrected chi connectivity index (χ0v) is 12.0. The van der Waals surface area contributed by atoms with Gasteiger partial charge >= 0.3 is 0 Å². The van der Waals surface area contributed by atoms with Crippen molar-refractivity contribution in [2.75, 3.05) is 0 Å². The zero-order chi connectivity index (χ0) is 14.6. The molecule has 2 aromatic rings. The number of nitrogens with one attached hydrogen (secondary N) is 1. The molecule has 5 nitrogen and oxygen atoms in total. The lowest BCUT2D eigenvalue weighted by atomic mass is 10.1. The Morgan fingerprint density at radius 3 is 2.30 bits per heavy atom. The maximum Gasteiger partial charge on any atom is 0.240 e. The van der Waals surface area contributed by atoms with E-state index >= 15 is 0 Å². The summed E-state index contributed by atoms with van der Waals surface area (Å²) in [5.41, 5.74) is 7.49. The van der Waals surface area contributed by atoms with Gasteiger partial charge in [0.25, 0.3) is 0 Å². The summed E-state index contributed by atoms with van der Waals surface area (Å²) in [6.07, 6.45) is 3.25. The van der Waals surface area contributed by atoms with Gasteiger partial charge in [-0.05, 0) is 42.3 Å². The Labute approximate surface area is 118 Å². The first-order valence-corrected chi connectivity index (χ1v) is 7.71. The zero-order valence-electron chi connectivity index (χ0n) is 11.2. The Morgan fingerprint density at radius 2 is 1.75 bits per heavy atom. The standard InChI is InChI=1S/C14H17N3O2S/c1-11(15)13-2-4-14(5-3-13)20(18,19)17-10-12-6-8-16-9-7-12/h2-9,11,17H,10,15H2,1H3. The molecule has 1 unspecified atom stereocenters. The van der Waals surface area contributed by atoms with Crippen molar-refractivity contribution in [2.45, 2.75) is 24.4 Å². The minimum Gasteiger partial charge on any atom is -0.324 e. The van der Waals surface area contributed by atoms with Crippen LogP contribution in [0.15, 0.2) is 53.7 Å². The average molecular weight is 291 g/mol. The van der Waals surface area contributed by atoms with Gasteiger partial charge in [0.05, 0.1) is 4.90 Å². The largest absolute Gasteiger partial charge is 0.324 e. The molecule has 0 aliphatic carbocycles. The van der Waals surface area contributed by atoms with Crippen LogP contribution in [-0.2, 0) is 16.6 Å². The van der Waals surface area contributed by atoms with Crippen molar-refractivity contribution < 1.29 is 8.42 Å². The van der Waals surface area contributed by atoms with E-state index in [0.717, 1.165) is 11.1 Å². The van der Waals surface area contributed by atoms with Crippen molar-refractivity contribution in [1.29, 1.82) is 0 Å². The molecule has 0 aliphatic heterocycles. The molecule has 0 radical (unpaired) electrons. The molecule has 1 aromatic carbocycles. The minimum atomic E-state index is -3.51. The van der Waals surface area contributed by atoms with Gasteiger partial charge in [-0.2, -0.15) is 0 Å². The van der Waals surface area contributed by atoms with Crippen molar-refractivity contribution in [1.82, 2.24) is 9.71 Å². The molecule has 1 atom stereocenters. The topological polar surface area (TPSA) is 85.1 Å². The van der Waals surface area contributed by atoms with Crippen LogP contribution in [0.1, 0.15) is 24.1 Å². The smallest absolute Gasteiger partial charge is 0.240 e. The van der Waals surface area contributed by atoms with Gasteiger partial charge in [-0.25, -0.2) is 13.1 Å². The Balaban J connectivity index is 2.10. The number of rotatable bonds is 5. The number of nitrogens with two attached hydrogens (primary N) is 1. The monoisotopic (exact) mass is 291 g/mol. The molecule has 0 amide bonds. The highest BCUT2D eigenvalue weighted by Crippen LogP contribution is 2.14. The van der Waals surface area contributed by atoms with E-state index < -0.39 is 10.0 Å². The van der Waals surface area contributed by atoms with Crippen molar-refractivity contribution in [3.8, 4) is 0 Å². The Morgan fingerprint density at radius 1 is 1.15 bits per heavy atom. The quantitative estimate of drug-likeness (QED) is 0.876. The first kappa shape index (κ1) is 14.6. The summed E-state index contributed by atoms with van der Waals surface area (Å²) in [6.45, 7) is 2.09. The van der Waals surface area contributed by atoms with Crippen LogP contribution < -0.4 is 10.5 Å². The molecule has 2 rings (SSSR count). The Bertz CT molecular complexity index is 653. The first-order valence-electron chi connectivity index (χ1n) is 6.23. The van der Waals surface area contributed by atoms with Crippen LogP contribution in [-0.4, -0.2) is 13.4 Å². The molecule has 0 saturated carbocycles. The van der Waals surface area contributed by atoms with E-state index in [1.54, 1.807) is 48.8 Å². The maximum absolute atomic E-state index is 12.1. The highest BCUT2D eigenvalue weighted by atomic mass is 32.2. The Kier molecular flexibility index (Phi) is 4.49. The number of aromatic nitrogens is 1. The van der Waals surface area contributed by atoms with E-state index in [2.05, 4.69) is 9.71 Å². The SMILES string of the molecule is CC(N)c1ccc(S(=O)(=O)NCc2ccncc2)cc1. The molecule has 3 N–H and O–H groups in total. The highest BCUT2D eigenvalue weighted by Gasteiger charge is 2.13. The van der Waals surface area contributed by atoms with E-state index in [0.29, 0.717) is 0 Å². The van der Waals surface area contributed by atoms with Gasteiger partial charge in [-0.1, -0.05) is 12.1 Å². The van der Waals surface area contributed by atoms with Crippen molar-refractivity contribution in [3.63, 3.8) is 0 Å². The molecule has 0 saturated heterocycles. The number of sulfonamides is 1. The van der Waals surface area contributed by atoms with Crippen LogP contribution in [0.2, 0.25) is 0 Å². The van der Waals surface area contributed by atoms with E-state index in [9.17, 15) is 8.42 Å². The van der Waals surface area contributed by atoms with E-state index in [1.807, 2.05) is 6.92 Å². The molecular weight excluding hydrogens is 274 g/mol. The lowest BCUT2D eigenvalue weighted by Crippen LogP contribution is -2.23. The second-order valence-corrected chi connectivity index (χ2v) is 6.30. The number of hydrogen-bond donors (Lipinski definition) is 2. The van der Waals surface area contributed by atoms with Gasteiger partial charge in [-0.15, -0.1) is 0 Å². The second-order valence-electron chi connectivity index (χ2n) is 4.54. The summed E-state index contributed by atoms with van der Waals surface area (Å²) in [7, 11) is -3.51. The lowest BCUT2D eigenvalue weighted by molar-refractivity contribution is 0.581. The van der Waals surface area contributed by atoms with Crippen molar-refractivity contribution >= 4 is 10.0 Å². The van der Waals surface area contributed by atoms with Crippen LogP contribution in [0, 0.1) is 0 Å². The summed E-state index contributed by atoms with van der Waals surface area (Å²) in [4.78, 5) is 4.12. The summed E-state index contributed by atoms with van der Waals surface area (Å²) in [5, 5.41) is 0. The number of hydrogen-bond acceptors (Lipinski definition) is 4. The van der Waals surface area contributed by atoms with E-state index in [-0.39, 0.29) is 17.5 Å². The van der Waals surface area contributed by atoms with Gasteiger partial charge in [0, 0.05) is 25.0 Å². The lowest BCUT2D eigenvalue weighted by Gasteiger charge is -2.09. The third-order valence-electron chi connectivity index (χ3n) is 2.93. The molecular formula is C14H17N3O2S. The fourth-order valence-corrected chi connectivity index (χ4v) is 2.73. The third-order valence-corrected chi connectivity index (χ3v) is 4.35. The fourth-order valence-electron chi connectivity index (χ4n) is 1.71. The molecule has 20 heavy (non-hydrogen) atoms. The van der Waals surface area contributed by atoms with Gasteiger partial charge in [0.2, 0.25) is 10.0 Å². The third kappa shape index (κ3) is 3.63. The molecule has 6 heteroatoms. The van der Waals surface area contributed by atoms with Gasteiger partial charge in [0.15, 0.2) is 0 Å². The van der Waals surface area contributed by atoms with Gasteiger partial charge < -0.3 is 5.73 Å². The van der Waals surface area contributed by atoms with Crippen LogP contribution in [0.3, 0.4) is 0 Å². The normalized spacial score (nSPS) is 13.1. The average Bonchev–Trinajstić information content (AvgIpc) is 2.46. The molecule has 0 bridgehead atoms. The Hall–Kier alpha value is -1.76. The van der Waals surface area contributed by atoms with Gasteiger partial charge in [0.1, 0.15) is 0 Å². The van der Waals surface area contributed by atoms with Gasteiger partial charge in [-0.3, -0.25) is 4.98 Å². The molecule has 1 aromatic heterocycles. The summed E-state index contributed by atoms with van der Waals surface area (Å²) < 4.78 is 26.8. The predicted molar refractivity (Wildman–Crippen MR) is 77.3 cm³/mol. The molecule has 0 spiro atoms. The maximum atomic E-state index is 12.1. The summed E-state index contributed by atoms with van der Waals surface area (Å²) in [6, 6.07) is 10.00. The van der Waals surface area contributed by atoms with Crippen LogP contribution in [0.25, 0.3) is 0 Å². The minimum absolute atomic E-state index is 0.114. The molecule has 0 aliphatic rings. The highest BCUT2D eigenvalue weighted by molar-refractivity contribution is 7.89. The van der Waals surface area contributed by atoms with E-state index in [4.69, 9.17) is 5.73 Å². The van der Waals surface area contributed by atoms with Crippen LogP contribution in [0.5, 0.6) is 0 Å². The van der Waals surface area contributed by atoms with Crippen molar-refractivity contribution in [3.05, 3.63) is 59.9 Å². The van der Waals surface area contributed by atoms with E-state index in [1.165, 1.54) is 0 Å². The van der Waals surface area contributed by atoms with Crippen LogP contribution >= 0.6 is 0 Å². The van der Waals surface area contributed by atoms with Crippen molar-refractivity contribution in [2.24, 2.45) is 5.73 Å². The summed E-state index contributed by atoms with van der Waals surface area (Å²) >= 11 is 0. The molecule has 1 heterocycles. The predicted octanol–water partition coefficient (Wildman–Crippen LogP) is 1.58. The molecule has 0 fully saturated rings.